The summed E-state index contributed by atoms with van der Waals surface area (Å²) >= 11 is 0. The van der Waals surface area contributed by atoms with Crippen LogP contribution in [0.15, 0.2) is 11.1 Å². The smallest absolute Gasteiger partial charge is 0.388 e. The van der Waals surface area contributed by atoms with E-state index in [1.54, 1.807) is 0 Å². The molecular weight excluding hydrogens is 412 g/mol. The summed E-state index contributed by atoms with van der Waals surface area (Å²) in [6.45, 7) is -0.607. The fraction of sp³-hybridized carbons (Fsp3) is 0.500. The van der Waals surface area contributed by atoms with Crippen LogP contribution in [-0.2, 0) is 22.7 Å². The molecule has 0 amide bonds. The predicted octanol–water partition coefficient (Wildman–Crippen LogP) is -1.42. The Balaban J connectivity index is 1.73. The van der Waals surface area contributed by atoms with Gasteiger partial charge in [0.2, 0.25) is 5.95 Å². The maximum absolute atomic E-state index is 11.8. The van der Waals surface area contributed by atoms with Gasteiger partial charge in [-0.3, -0.25) is 18.9 Å². The number of anilines is 1. The zero-order valence-electron chi connectivity index (χ0n) is 13.3. The van der Waals surface area contributed by atoms with Crippen LogP contribution in [0.4, 0.5) is 5.95 Å². The second-order valence-corrected chi connectivity index (χ2v) is 8.39. The van der Waals surface area contributed by atoms with Gasteiger partial charge in [-0.05, 0) is 0 Å². The summed E-state index contributed by atoms with van der Waals surface area (Å²) in [4.78, 5) is 48.2. The summed E-state index contributed by atoms with van der Waals surface area (Å²) in [6, 6.07) is 0. The van der Waals surface area contributed by atoms with E-state index in [4.69, 9.17) is 20.3 Å². The number of phosphoric ester groups is 1. The van der Waals surface area contributed by atoms with Crippen LogP contribution in [-0.4, -0.2) is 58.1 Å². The summed E-state index contributed by atoms with van der Waals surface area (Å²) in [7, 11) is -10.3. The van der Waals surface area contributed by atoms with E-state index in [0.29, 0.717) is 0 Å². The third kappa shape index (κ3) is 4.60. The standard InChI is InChI=1S/C10H15N5O10P2/c11-10-13-7-6(8(17)14-10)12-3-15(7)9-5(16)1-4(24-9)2-23-27(21,22)25-26(18,19)20/h3-5,9,16H,1-2H2,(H,21,22)(H2,18,19,20)(H3,11,13,14,17). The van der Waals surface area contributed by atoms with Gasteiger partial charge in [0.25, 0.3) is 5.56 Å². The molecule has 3 rings (SSSR count). The number of hydrogen-bond donors (Lipinski definition) is 6. The van der Waals surface area contributed by atoms with Crippen molar-refractivity contribution in [3.05, 3.63) is 16.7 Å². The lowest BCUT2D eigenvalue weighted by atomic mass is 10.2. The van der Waals surface area contributed by atoms with E-state index >= 15 is 0 Å². The average Bonchev–Trinajstić information content (AvgIpc) is 3.06. The average molecular weight is 427 g/mol. The highest BCUT2D eigenvalue weighted by Gasteiger charge is 2.39. The van der Waals surface area contributed by atoms with Crippen LogP contribution >= 0.6 is 15.6 Å². The van der Waals surface area contributed by atoms with Crippen molar-refractivity contribution < 1.29 is 42.5 Å². The lowest BCUT2D eigenvalue weighted by Gasteiger charge is -2.17. The highest BCUT2D eigenvalue weighted by Crippen LogP contribution is 2.57. The SMILES string of the molecule is Nc1nc2c(ncn2C2OC(COP(=O)(O)OP(=O)(O)O)CC2O)c(=O)[nH]1. The molecule has 7 N–H and O–H groups in total. The first-order valence-corrected chi connectivity index (χ1v) is 10.3. The Morgan fingerprint density at radius 1 is 1.41 bits per heavy atom. The molecule has 1 aliphatic heterocycles. The van der Waals surface area contributed by atoms with Crippen molar-refractivity contribution in [2.45, 2.75) is 24.9 Å². The molecule has 27 heavy (non-hydrogen) atoms. The number of fused-ring (bicyclic) bond motifs is 1. The van der Waals surface area contributed by atoms with Crippen molar-refractivity contribution in [1.29, 1.82) is 0 Å². The summed E-state index contributed by atoms with van der Waals surface area (Å²) in [5.74, 6) is -0.169. The fourth-order valence-electron chi connectivity index (χ4n) is 2.55. The normalized spacial score (nSPS) is 25.7. The lowest BCUT2D eigenvalue weighted by Crippen LogP contribution is -2.20. The van der Waals surface area contributed by atoms with Crippen LogP contribution in [0.1, 0.15) is 12.6 Å². The number of aromatic nitrogens is 4. The Labute approximate surface area is 149 Å². The van der Waals surface area contributed by atoms with Crippen LogP contribution in [0.25, 0.3) is 11.2 Å². The Morgan fingerprint density at radius 2 is 2.11 bits per heavy atom. The van der Waals surface area contributed by atoms with E-state index in [-0.39, 0.29) is 23.5 Å². The summed E-state index contributed by atoms with van der Waals surface area (Å²) in [6.07, 6.45) is -1.96. The largest absolute Gasteiger partial charge is 0.481 e. The van der Waals surface area contributed by atoms with Gasteiger partial charge in [0, 0.05) is 6.42 Å². The summed E-state index contributed by atoms with van der Waals surface area (Å²) < 4.78 is 37.0. The molecule has 0 bridgehead atoms. The van der Waals surface area contributed by atoms with Gasteiger partial charge in [-0.2, -0.15) is 9.29 Å². The van der Waals surface area contributed by atoms with Crippen LogP contribution in [0.3, 0.4) is 0 Å². The van der Waals surface area contributed by atoms with Gasteiger partial charge >= 0.3 is 15.6 Å². The Morgan fingerprint density at radius 3 is 2.78 bits per heavy atom. The number of rotatable bonds is 6. The van der Waals surface area contributed by atoms with Crippen molar-refractivity contribution in [3.63, 3.8) is 0 Å². The molecule has 17 heteroatoms. The molecule has 1 saturated heterocycles. The monoisotopic (exact) mass is 427 g/mol. The second-order valence-electron chi connectivity index (χ2n) is 5.56. The van der Waals surface area contributed by atoms with Crippen molar-refractivity contribution in [1.82, 2.24) is 19.5 Å². The molecule has 15 nitrogen and oxygen atoms in total. The van der Waals surface area contributed by atoms with Crippen molar-refractivity contribution >= 4 is 32.8 Å². The van der Waals surface area contributed by atoms with Crippen molar-refractivity contribution in [2.75, 3.05) is 12.3 Å². The molecular formula is C10H15N5O10P2. The molecule has 0 aromatic carbocycles. The number of ether oxygens (including phenoxy) is 1. The van der Waals surface area contributed by atoms with Gasteiger partial charge in [0.1, 0.15) is 6.10 Å². The number of nitrogen functional groups attached to an aromatic ring is 1. The Bertz CT molecular complexity index is 1000. The number of aliphatic hydroxyl groups is 1. The molecule has 0 radical (unpaired) electrons. The maximum atomic E-state index is 11.8. The first-order valence-electron chi connectivity index (χ1n) is 7.25. The Hall–Kier alpha value is -1.67. The molecule has 1 aliphatic rings. The third-order valence-electron chi connectivity index (χ3n) is 3.52. The van der Waals surface area contributed by atoms with E-state index in [1.807, 2.05) is 0 Å². The second kappa shape index (κ2) is 7.05. The molecule has 4 atom stereocenters. The van der Waals surface area contributed by atoms with Gasteiger partial charge in [0.15, 0.2) is 17.4 Å². The topological polar surface area (TPSA) is 232 Å². The van der Waals surface area contributed by atoms with Gasteiger partial charge in [-0.15, -0.1) is 0 Å². The molecule has 3 heterocycles. The van der Waals surface area contributed by atoms with Crippen molar-refractivity contribution in [2.24, 2.45) is 0 Å². The van der Waals surface area contributed by atoms with E-state index < -0.39 is 46.2 Å². The molecule has 0 saturated carbocycles. The van der Waals surface area contributed by atoms with Gasteiger partial charge in [-0.25, -0.2) is 14.1 Å². The minimum atomic E-state index is -5.24. The van der Waals surface area contributed by atoms with E-state index in [9.17, 15) is 23.9 Å². The number of hydrogen-bond acceptors (Lipinski definition) is 10. The number of nitrogens with zero attached hydrogens (tertiary/aromatic N) is 3. The quantitative estimate of drug-likeness (QED) is 0.291. The fourth-order valence-corrected chi connectivity index (χ4v) is 4.17. The van der Waals surface area contributed by atoms with Gasteiger partial charge < -0.3 is 30.3 Å². The van der Waals surface area contributed by atoms with Gasteiger partial charge in [-0.1, -0.05) is 0 Å². The minimum Gasteiger partial charge on any atom is -0.388 e. The van der Waals surface area contributed by atoms with Crippen LogP contribution in [0.5, 0.6) is 0 Å². The van der Waals surface area contributed by atoms with Crippen LogP contribution in [0, 0.1) is 0 Å². The number of imidazole rings is 1. The Kier molecular flexibility index (Phi) is 5.24. The first kappa shape index (κ1) is 20.1. The molecule has 150 valence electrons. The number of aliphatic hydroxyl groups excluding tert-OH is 1. The molecule has 0 aliphatic carbocycles. The lowest BCUT2D eigenvalue weighted by molar-refractivity contribution is -0.0481. The number of nitrogens with one attached hydrogen (secondary N) is 1. The highest BCUT2D eigenvalue weighted by molar-refractivity contribution is 7.60. The number of phosphoric acid groups is 2. The minimum absolute atomic E-state index is 0.0328. The van der Waals surface area contributed by atoms with E-state index in [2.05, 4.69) is 23.8 Å². The van der Waals surface area contributed by atoms with Crippen molar-refractivity contribution in [3.8, 4) is 0 Å². The van der Waals surface area contributed by atoms with E-state index in [0.717, 1.165) is 0 Å². The van der Waals surface area contributed by atoms with Crippen LogP contribution < -0.4 is 11.3 Å². The van der Waals surface area contributed by atoms with E-state index in [1.165, 1.54) is 10.9 Å². The maximum Gasteiger partial charge on any atom is 0.481 e. The molecule has 2 aromatic heterocycles. The number of nitrogens with two attached hydrogens (primary N) is 1. The molecule has 1 fully saturated rings. The third-order valence-corrected chi connectivity index (χ3v) is 5.68. The first-order chi connectivity index (χ1) is 12.5. The predicted molar refractivity (Wildman–Crippen MR) is 86.0 cm³/mol. The van der Waals surface area contributed by atoms with Crippen LogP contribution in [0.2, 0.25) is 0 Å². The number of H-pyrrole nitrogens is 1. The molecule has 2 aromatic rings. The molecule has 4 unspecified atom stereocenters. The number of aromatic amines is 1. The summed E-state index contributed by atoms with van der Waals surface area (Å²) in [5, 5.41) is 10.2. The zero-order chi connectivity index (χ0) is 20.0. The van der Waals surface area contributed by atoms with Gasteiger partial charge in [0.05, 0.1) is 19.0 Å². The molecule has 0 spiro atoms. The zero-order valence-corrected chi connectivity index (χ0v) is 15.1. The summed E-state index contributed by atoms with van der Waals surface area (Å²) in [5.41, 5.74) is 4.93. The highest BCUT2D eigenvalue weighted by atomic mass is 31.3.